The number of alkyl halides is 1. The third kappa shape index (κ3) is 3.06. The fourth-order valence-electron chi connectivity index (χ4n) is 2.87. The van der Waals surface area contributed by atoms with E-state index >= 15 is 0 Å². The molecule has 4 nitrogen and oxygen atoms in total. The van der Waals surface area contributed by atoms with E-state index in [0.717, 1.165) is 23.4 Å². The second kappa shape index (κ2) is 6.57. The first-order valence-corrected chi connectivity index (χ1v) is 10.2. The molecule has 3 rings (SSSR count). The van der Waals surface area contributed by atoms with E-state index in [2.05, 4.69) is 4.98 Å². The Balaban J connectivity index is 2.24. The third-order valence-electron chi connectivity index (χ3n) is 4.01. The smallest absolute Gasteiger partial charge is 0.177 e. The van der Waals surface area contributed by atoms with Gasteiger partial charge in [0.05, 0.1) is 10.4 Å². The average Bonchev–Trinajstić information content (AvgIpc) is 2.93. The molecule has 0 aliphatic carbocycles. The molecule has 0 unspecified atom stereocenters. The molecule has 0 atom stereocenters. The SMILES string of the molecule is CCc1nc2c(S(C)(=O)=O)cccc2n1-c1ccc(CCCl)cc1. The van der Waals surface area contributed by atoms with Crippen molar-refractivity contribution in [3.8, 4) is 5.69 Å². The van der Waals surface area contributed by atoms with Crippen LogP contribution in [0.25, 0.3) is 16.7 Å². The zero-order chi connectivity index (χ0) is 17.3. The number of aryl methyl sites for hydroxylation is 2. The lowest BCUT2D eigenvalue weighted by atomic mass is 10.1. The molecule has 1 aromatic heterocycles. The number of sulfone groups is 1. The van der Waals surface area contributed by atoms with Crippen molar-refractivity contribution < 1.29 is 8.42 Å². The van der Waals surface area contributed by atoms with E-state index in [0.29, 0.717) is 17.8 Å². The fraction of sp³-hybridized carbons (Fsp3) is 0.278. The minimum atomic E-state index is -3.33. The van der Waals surface area contributed by atoms with Gasteiger partial charge in [-0.2, -0.15) is 0 Å². The number of fused-ring (bicyclic) bond motifs is 1. The second-order valence-corrected chi connectivity index (χ2v) is 8.08. The molecule has 0 fully saturated rings. The molecule has 0 spiro atoms. The summed E-state index contributed by atoms with van der Waals surface area (Å²) in [6.45, 7) is 2.01. The lowest BCUT2D eigenvalue weighted by Gasteiger charge is -2.09. The number of imidazole rings is 1. The summed E-state index contributed by atoms with van der Waals surface area (Å²) in [5.41, 5.74) is 3.48. The van der Waals surface area contributed by atoms with E-state index in [4.69, 9.17) is 11.6 Å². The van der Waals surface area contributed by atoms with Crippen molar-refractivity contribution in [2.24, 2.45) is 0 Å². The van der Waals surface area contributed by atoms with Crippen LogP contribution in [0.3, 0.4) is 0 Å². The van der Waals surface area contributed by atoms with Gasteiger partial charge in [0.2, 0.25) is 0 Å². The summed E-state index contributed by atoms with van der Waals surface area (Å²) >= 11 is 5.79. The van der Waals surface area contributed by atoms with Crippen LogP contribution in [-0.2, 0) is 22.7 Å². The third-order valence-corrected chi connectivity index (χ3v) is 5.33. The summed E-state index contributed by atoms with van der Waals surface area (Å²) in [5, 5.41) is 0. The molecule has 0 saturated carbocycles. The molecule has 0 N–H and O–H groups in total. The predicted molar refractivity (Wildman–Crippen MR) is 98.0 cm³/mol. The molecule has 0 bridgehead atoms. The molecule has 0 aliphatic heterocycles. The first-order valence-electron chi connectivity index (χ1n) is 7.81. The van der Waals surface area contributed by atoms with Gasteiger partial charge in [-0.05, 0) is 36.2 Å². The molecule has 0 saturated heterocycles. The van der Waals surface area contributed by atoms with Crippen LogP contribution in [0.4, 0.5) is 0 Å². The Morgan fingerprint density at radius 3 is 2.42 bits per heavy atom. The van der Waals surface area contributed by atoms with Gasteiger partial charge < -0.3 is 0 Å². The molecule has 1 heterocycles. The van der Waals surface area contributed by atoms with Crippen molar-refractivity contribution in [1.82, 2.24) is 9.55 Å². The second-order valence-electron chi connectivity index (χ2n) is 5.72. The van der Waals surface area contributed by atoms with Gasteiger partial charge in [-0.1, -0.05) is 25.1 Å². The van der Waals surface area contributed by atoms with Crippen molar-refractivity contribution in [3.63, 3.8) is 0 Å². The Bertz CT molecular complexity index is 976. The Hall–Kier alpha value is -1.85. The monoisotopic (exact) mass is 362 g/mol. The van der Waals surface area contributed by atoms with Crippen molar-refractivity contribution in [2.45, 2.75) is 24.7 Å². The van der Waals surface area contributed by atoms with Crippen molar-refractivity contribution in [2.75, 3.05) is 12.1 Å². The molecule has 3 aromatic rings. The van der Waals surface area contributed by atoms with Crippen LogP contribution < -0.4 is 0 Å². The van der Waals surface area contributed by atoms with E-state index in [1.165, 1.54) is 11.8 Å². The van der Waals surface area contributed by atoms with E-state index < -0.39 is 9.84 Å². The van der Waals surface area contributed by atoms with E-state index in [1.807, 2.05) is 41.8 Å². The molecule has 2 aromatic carbocycles. The Kier molecular flexibility index (Phi) is 4.65. The zero-order valence-corrected chi connectivity index (χ0v) is 15.2. The fourth-order valence-corrected chi connectivity index (χ4v) is 3.91. The predicted octanol–water partition coefficient (Wildman–Crippen LogP) is 3.77. The van der Waals surface area contributed by atoms with Gasteiger partial charge >= 0.3 is 0 Å². The van der Waals surface area contributed by atoms with Crippen LogP contribution >= 0.6 is 11.6 Å². The van der Waals surface area contributed by atoms with Crippen LogP contribution in [0.2, 0.25) is 0 Å². The summed E-state index contributed by atoms with van der Waals surface area (Å²) in [7, 11) is -3.33. The largest absolute Gasteiger partial charge is 0.296 e. The molecule has 0 amide bonds. The van der Waals surface area contributed by atoms with Gasteiger partial charge in [-0.3, -0.25) is 4.57 Å². The molecular weight excluding hydrogens is 344 g/mol. The maximum Gasteiger partial charge on any atom is 0.177 e. The number of halogens is 1. The minimum absolute atomic E-state index is 0.271. The van der Waals surface area contributed by atoms with E-state index in [9.17, 15) is 8.42 Å². The maximum absolute atomic E-state index is 12.0. The standard InChI is InChI=1S/C18H19ClN2O2S/c1-3-17-20-18-15(5-4-6-16(18)24(2,22)23)21(17)14-9-7-13(8-10-14)11-12-19/h4-10H,3,11-12H2,1-2H3. The van der Waals surface area contributed by atoms with Gasteiger partial charge in [0.25, 0.3) is 0 Å². The molecule has 126 valence electrons. The van der Waals surface area contributed by atoms with Crippen LogP contribution in [0.1, 0.15) is 18.3 Å². The van der Waals surface area contributed by atoms with Gasteiger partial charge in [0.1, 0.15) is 11.3 Å². The molecule has 24 heavy (non-hydrogen) atoms. The topological polar surface area (TPSA) is 52.0 Å². The number of rotatable bonds is 5. The normalized spacial score (nSPS) is 12.0. The number of hydrogen-bond acceptors (Lipinski definition) is 3. The molecule has 0 radical (unpaired) electrons. The minimum Gasteiger partial charge on any atom is -0.296 e. The number of para-hydroxylation sites is 1. The summed E-state index contributed by atoms with van der Waals surface area (Å²) in [5.74, 6) is 1.43. The number of aromatic nitrogens is 2. The molecule has 6 heteroatoms. The van der Waals surface area contributed by atoms with E-state index in [-0.39, 0.29) is 4.90 Å². The summed E-state index contributed by atoms with van der Waals surface area (Å²) in [6, 6.07) is 13.4. The highest BCUT2D eigenvalue weighted by Crippen LogP contribution is 2.27. The van der Waals surface area contributed by atoms with Crippen molar-refractivity contribution >= 4 is 32.5 Å². The highest BCUT2D eigenvalue weighted by atomic mass is 35.5. The summed E-state index contributed by atoms with van der Waals surface area (Å²) in [4.78, 5) is 4.87. The number of hydrogen-bond donors (Lipinski definition) is 0. The highest BCUT2D eigenvalue weighted by molar-refractivity contribution is 7.91. The van der Waals surface area contributed by atoms with Gasteiger partial charge in [-0.15, -0.1) is 11.6 Å². The van der Waals surface area contributed by atoms with Gasteiger partial charge in [-0.25, -0.2) is 13.4 Å². The first-order chi connectivity index (χ1) is 11.5. The maximum atomic E-state index is 12.0. The Labute approximate surface area is 147 Å². The van der Waals surface area contributed by atoms with Gasteiger partial charge in [0.15, 0.2) is 9.84 Å². The lowest BCUT2D eigenvalue weighted by molar-refractivity contribution is 0.602. The van der Waals surface area contributed by atoms with Gasteiger partial charge in [0, 0.05) is 24.2 Å². The quantitative estimate of drug-likeness (QED) is 0.649. The lowest BCUT2D eigenvalue weighted by Crippen LogP contribution is -2.00. The van der Waals surface area contributed by atoms with Crippen molar-refractivity contribution in [1.29, 1.82) is 0 Å². The van der Waals surface area contributed by atoms with Crippen LogP contribution in [0.15, 0.2) is 47.4 Å². The first kappa shape index (κ1) is 17.0. The highest BCUT2D eigenvalue weighted by Gasteiger charge is 2.18. The zero-order valence-electron chi connectivity index (χ0n) is 13.7. The number of nitrogens with zero attached hydrogens (tertiary/aromatic N) is 2. The average molecular weight is 363 g/mol. The number of benzene rings is 2. The van der Waals surface area contributed by atoms with E-state index in [1.54, 1.807) is 12.1 Å². The van der Waals surface area contributed by atoms with Crippen LogP contribution in [0, 0.1) is 0 Å². The molecule has 0 aliphatic rings. The van der Waals surface area contributed by atoms with Crippen LogP contribution in [-0.4, -0.2) is 30.1 Å². The summed E-state index contributed by atoms with van der Waals surface area (Å²) < 4.78 is 26.1. The van der Waals surface area contributed by atoms with Crippen LogP contribution in [0.5, 0.6) is 0 Å². The Morgan fingerprint density at radius 1 is 1.12 bits per heavy atom. The van der Waals surface area contributed by atoms with Crippen molar-refractivity contribution in [3.05, 3.63) is 53.9 Å². The summed E-state index contributed by atoms with van der Waals surface area (Å²) in [6.07, 6.45) is 2.75. The Morgan fingerprint density at radius 2 is 1.83 bits per heavy atom. The molecular formula is C18H19ClN2O2S.